The van der Waals surface area contributed by atoms with Crippen LogP contribution < -0.4 is 5.32 Å². The molecule has 0 saturated carbocycles. The van der Waals surface area contributed by atoms with Gasteiger partial charge in [0.2, 0.25) is 0 Å². The fourth-order valence-electron chi connectivity index (χ4n) is 2.55. The molecule has 0 saturated heterocycles. The van der Waals surface area contributed by atoms with Crippen LogP contribution in [0.5, 0.6) is 0 Å². The summed E-state index contributed by atoms with van der Waals surface area (Å²) in [5.41, 5.74) is 3.96. The van der Waals surface area contributed by atoms with Crippen LogP contribution in [-0.4, -0.2) is 11.6 Å². The molecule has 0 radical (unpaired) electrons. The first-order valence-electron chi connectivity index (χ1n) is 6.64. The van der Waals surface area contributed by atoms with E-state index < -0.39 is 0 Å². The minimum Gasteiger partial charge on any atom is -0.339 e. The first-order chi connectivity index (χ1) is 9.38. The fourth-order valence-corrected chi connectivity index (χ4v) is 2.55. The Morgan fingerprint density at radius 2 is 1.68 bits per heavy atom. The molecule has 2 nitrogen and oxygen atoms in total. The Morgan fingerprint density at radius 1 is 0.947 bits per heavy atom. The Kier molecular flexibility index (Phi) is 3.34. The Hall–Kier alpha value is -2.06. The molecule has 1 aromatic heterocycles. The lowest BCUT2D eigenvalue weighted by Gasteiger charge is -2.10. The van der Waals surface area contributed by atoms with Crippen molar-refractivity contribution in [2.24, 2.45) is 0 Å². The van der Waals surface area contributed by atoms with Crippen molar-refractivity contribution < 1.29 is 0 Å². The topological polar surface area (TPSA) is 17.0 Å². The number of hydrogen-bond acceptors (Lipinski definition) is 1. The van der Waals surface area contributed by atoms with Crippen LogP contribution in [0.25, 0.3) is 10.9 Å². The number of aromatic nitrogens is 1. The number of para-hydroxylation sites is 1. The minimum atomic E-state index is 0.890. The van der Waals surface area contributed by atoms with Crippen molar-refractivity contribution in [3.8, 4) is 0 Å². The van der Waals surface area contributed by atoms with Gasteiger partial charge < -0.3 is 9.88 Å². The number of benzene rings is 2. The Morgan fingerprint density at radius 3 is 2.47 bits per heavy atom. The van der Waals surface area contributed by atoms with E-state index in [0.29, 0.717) is 0 Å². The summed E-state index contributed by atoms with van der Waals surface area (Å²) in [4.78, 5) is 0. The molecule has 1 N–H and O–H groups in total. The zero-order valence-electron chi connectivity index (χ0n) is 11.1. The zero-order chi connectivity index (χ0) is 13.1. The van der Waals surface area contributed by atoms with Crippen molar-refractivity contribution in [2.45, 2.75) is 13.1 Å². The molecular weight excluding hydrogens is 232 g/mol. The van der Waals surface area contributed by atoms with Gasteiger partial charge in [0.15, 0.2) is 0 Å². The highest BCUT2D eigenvalue weighted by Gasteiger charge is 2.07. The van der Waals surface area contributed by atoms with Crippen LogP contribution >= 0.6 is 0 Å². The van der Waals surface area contributed by atoms with Crippen molar-refractivity contribution >= 4 is 10.9 Å². The summed E-state index contributed by atoms with van der Waals surface area (Å²) in [5.74, 6) is 0. The highest BCUT2D eigenvalue weighted by molar-refractivity contribution is 5.81. The number of nitrogens with one attached hydrogen (secondary N) is 1. The van der Waals surface area contributed by atoms with E-state index in [4.69, 9.17) is 0 Å². The van der Waals surface area contributed by atoms with Crippen LogP contribution in [0.2, 0.25) is 0 Å². The average molecular weight is 250 g/mol. The van der Waals surface area contributed by atoms with Crippen LogP contribution in [0, 0.1) is 0 Å². The predicted molar refractivity (Wildman–Crippen MR) is 80.2 cm³/mol. The second-order valence-corrected chi connectivity index (χ2v) is 4.80. The molecule has 19 heavy (non-hydrogen) atoms. The largest absolute Gasteiger partial charge is 0.339 e. The molecule has 1 heterocycles. The zero-order valence-corrected chi connectivity index (χ0v) is 11.1. The molecule has 0 atom stereocenters. The maximum atomic E-state index is 3.25. The summed E-state index contributed by atoms with van der Waals surface area (Å²) >= 11 is 0. The Labute approximate surface area is 113 Å². The van der Waals surface area contributed by atoms with Gasteiger partial charge in [-0.15, -0.1) is 0 Å². The van der Waals surface area contributed by atoms with Gasteiger partial charge in [-0.2, -0.15) is 0 Å². The van der Waals surface area contributed by atoms with Crippen LogP contribution in [0.15, 0.2) is 60.7 Å². The maximum Gasteiger partial charge on any atom is 0.0486 e. The first-order valence-corrected chi connectivity index (χ1v) is 6.64. The van der Waals surface area contributed by atoms with Gasteiger partial charge in [-0.05, 0) is 30.1 Å². The molecule has 0 aliphatic heterocycles. The smallest absolute Gasteiger partial charge is 0.0486 e. The molecule has 0 aliphatic carbocycles. The SMILES string of the molecule is CNCc1cc2ccccc2n1Cc1ccccc1. The molecule has 3 rings (SSSR count). The normalized spacial score (nSPS) is 11.0. The van der Waals surface area contributed by atoms with E-state index in [9.17, 15) is 0 Å². The summed E-state index contributed by atoms with van der Waals surface area (Å²) in [7, 11) is 1.99. The maximum absolute atomic E-state index is 3.25. The van der Waals surface area contributed by atoms with Crippen LogP contribution in [0.4, 0.5) is 0 Å². The lowest BCUT2D eigenvalue weighted by Crippen LogP contribution is -2.11. The molecule has 96 valence electrons. The molecule has 2 heteroatoms. The predicted octanol–water partition coefficient (Wildman–Crippen LogP) is 3.41. The third kappa shape index (κ3) is 2.40. The molecular formula is C17H18N2. The summed E-state index contributed by atoms with van der Waals surface area (Å²) < 4.78 is 2.39. The van der Waals surface area contributed by atoms with Gasteiger partial charge in [-0.1, -0.05) is 48.5 Å². The van der Waals surface area contributed by atoms with Gasteiger partial charge in [-0.3, -0.25) is 0 Å². The highest BCUT2D eigenvalue weighted by atomic mass is 15.0. The third-order valence-electron chi connectivity index (χ3n) is 3.44. The Balaban J connectivity index is 2.07. The van der Waals surface area contributed by atoms with Gasteiger partial charge in [0, 0.05) is 24.3 Å². The van der Waals surface area contributed by atoms with E-state index in [-0.39, 0.29) is 0 Å². The van der Waals surface area contributed by atoms with Gasteiger partial charge in [0.05, 0.1) is 0 Å². The van der Waals surface area contributed by atoms with Gasteiger partial charge in [-0.25, -0.2) is 0 Å². The average Bonchev–Trinajstić information content (AvgIpc) is 2.79. The standard InChI is InChI=1S/C17H18N2/c1-18-12-16-11-15-9-5-6-10-17(15)19(16)13-14-7-3-2-4-8-14/h2-11,18H,12-13H2,1H3. The monoisotopic (exact) mass is 250 g/mol. The number of nitrogens with zero attached hydrogens (tertiary/aromatic N) is 1. The summed E-state index contributed by atoms with van der Waals surface area (Å²) in [6.07, 6.45) is 0. The van der Waals surface area contributed by atoms with Crippen LogP contribution in [-0.2, 0) is 13.1 Å². The third-order valence-corrected chi connectivity index (χ3v) is 3.44. The first kappa shape index (κ1) is 12.0. The lowest BCUT2D eigenvalue weighted by molar-refractivity contribution is 0.709. The summed E-state index contributed by atoms with van der Waals surface area (Å²) in [6, 6.07) is 21.5. The summed E-state index contributed by atoms with van der Waals surface area (Å²) in [6.45, 7) is 1.81. The van der Waals surface area contributed by atoms with Crippen molar-refractivity contribution in [3.63, 3.8) is 0 Å². The fraction of sp³-hybridized carbons (Fsp3) is 0.176. The van der Waals surface area contributed by atoms with E-state index in [2.05, 4.69) is 70.5 Å². The second kappa shape index (κ2) is 5.29. The molecule has 3 aromatic rings. The van der Waals surface area contributed by atoms with E-state index >= 15 is 0 Å². The van der Waals surface area contributed by atoms with E-state index in [1.807, 2.05) is 7.05 Å². The quantitative estimate of drug-likeness (QED) is 0.751. The number of rotatable bonds is 4. The number of fused-ring (bicyclic) bond motifs is 1. The molecule has 0 fully saturated rings. The molecule has 0 unspecified atom stereocenters. The van der Waals surface area contributed by atoms with E-state index in [0.717, 1.165) is 13.1 Å². The number of hydrogen-bond donors (Lipinski definition) is 1. The molecule has 0 spiro atoms. The molecule has 2 aromatic carbocycles. The lowest BCUT2D eigenvalue weighted by atomic mass is 10.2. The second-order valence-electron chi connectivity index (χ2n) is 4.80. The van der Waals surface area contributed by atoms with E-state index in [1.54, 1.807) is 0 Å². The Bertz CT molecular complexity index is 668. The van der Waals surface area contributed by atoms with E-state index in [1.165, 1.54) is 22.2 Å². The highest BCUT2D eigenvalue weighted by Crippen LogP contribution is 2.21. The molecule has 0 amide bonds. The molecule has 0 bridgehead atoms. The molecule has 0 aliphatic rings. The van der Waals surface area contributed by atoms with Gasteiger partial charge in [0.1, 0.15) is 0 Å². The van der Waals surface area contributed by atoms with Gasteiger partial charge >= 0.3 is 0 Å². The van der Waals surface area contributed by atoms with Crippen molar-refractivity contribution in [2.75, 3.05) is 7.05 Å². The summed E-state index contributed by atoms with van der Waals surface area (Å²) in [5, 5.41) is 4.56. The van der Waals surface area contributed by atoms with Crippen LogP contribution in [0.1, 0.15) is 11.3 Å². The van der Waals surface area contributed by atoms with Crippen LogP contribution in [0.3, 0.4) is 0 Å². The minimum absolute atomic E-state index is 0.890. The van der Waals surface area contributed by atoms with Crippen molar-refractivity contribution in [1.29, 1.82) is 0 Å². The van der Waals surface area contributed by atoms with Crippen molar-refractivity contribution in [1.82, 2.24) is 9.88 Å². The van der Waals surface area contributed by atoms with Crippen molar-refractivity contribution in [3.05, 3.63) is 71.9 Å². The van der Waals surface area contributed by atoms with Gasteiger partial charge in [0.25, 0.3) is 0 Å².